The lowest BCUT2D eigenvalue weighted by Gasteiger charge is -2.05. The van der Waals surface area contributed by atoms with Crippen LogP contribution in [0.2, 0.25) is 0 Å². The predicted molar refractivity (Wildman–Crippen MR) is 97.3 cm³/mol. The van der Waals surface area contributed by atoms with Crippen LogP contribution < -0.4 is 10.1 Å². The van der Waals surface area contributed by atoms with Gasteiger partial charge < -0.3 is 10.1 Å². The van der Waals surface area contributed by atoms with Crippen LogP contribution in [-0.4, -0.2) is 25.8 Å². The number of anilines is 1. The zero-order valence-electron chi connectivity index (χ0n) is 14.5. The van der Waals surface area contributed by atoms with Crippen molar-refractivity contribution in [1.82, 2.24) is 15.0 Å². The number of nitro benzene ring substituents is 1. The summed E-state index contributed by atoms with van der Waals surface area (Å²) in [6.07, 6.45) is 1.61. The summed E-state index contributed by atoms with van der Waals surface area (Å²) < 4.78 is 6.93. The molecular formula is C18H17N5O4. The van der Waals surface area contributed by atoms with Crippen molar-refractivity contribution in [3.63, 3.8) is 0 Å². The summed E-state index contributed by atoms with van der Waals surface area (Å²) in [5.74, 6) is 0.263. The summed E-state index contributed by atoms with van der Waals surface area (Å²) in [7, 11) is 0. The Hall–Kier alpha value is -3.75. The maximum Gasteiger partial charge on any atom is 0.269 e. The number of aromatic nitrogens is 3. The SMILES string of the molecule is Cc1ccc(NC(=O)Cn2cc(COc3ccc([N+](=O)[O-])cc3)nn2)cc1. The molecule has 0 radical (unpaired) electrons. The normalized spacial score (nSPS) is 10.4. The first kappa shape index (κ1) is 18.1. The van der Waals surface area contributed by atoms with Crippen molar-refractivity contribution in [3.8, 4) is 5.75 Å². The molecule has 0 spiro atoms. The third kappa shape index (κ3) is 5.11. The van der Waals surface area contributed by atoms with E-state index in [0.29, 0.717) is 17.1 Å². The quantitative estimate of drug-likeness (QED) is 0.507. The molecule has 2 aromatic carbocycles. The van der Waals surface area contributed by atoms with E-state index in [1.807, 2.05) is 31.2 Å². The van der Waals surface area contributed by atoms with Gasteiger partial charge in [0, 0.05) is 17.8 Å². The second-order valence-corrected chi connectivity index (χ2v) is 5.86. The fourth-order valence-corrected chi connectivity index (χ4v) is 2.29. The van der Waals surface area contributed by atoms with Gasteiger partial charge in [-0.1, -0.05) is 22.9 Å². The van der Waals surface area contributed by atoms with E-state index in [2.05, 4.69) is 15.6 Å². The zero-order valence-corrected chi connectivity index (χ0v) is 14.5. The number of rotatable bonds is 7. The molecule has 3 rings (SSSR count). The van der Waals surface area contributed by atoms with E-state index in [-0.39, 0.29) is 24.7 Å². The molecule has 0 fully saturated rings. The summed E-state index contributed by atoms with van der Waals surface area (Å²) in [4.78, 5) is 22.2. The van der Waals surface area contributed by atoms with Crippen LogP contribution in [0.5, 0.6) is 5.75 Å². The van der Waals surface area contributed by atoms with Crippen molar-refractivity contribution in [2.45, 2.75) is 20.1 Å². The van der Waals surface area contributed by atoms with Crippen molar-refractivity contribution < 1.29 is 14.5 Å². The summed E-state index contributed by atoms with van der Waals surface area (Å²) in [6.45, 7) is 2.14. The van der Waals surface area contributed by atoms with Gasteiger partial charge >= 0.3 is 0 Å². The van der Waals surface area contributed by atoms with Gasteiger partial charge in [-0.3, -0.25) is 14.9 Å². The number of nitrogens with one attached hydrogen (secondary N) is 1. The molecule has 1 heterocycles. The Bertz CT molecular complexity index is 935. The highest BCUT2D eigenvalue weighted by Gasteiger charge is 2.08. The third-order valence-electron chi connectivity index (χ3n) is 3.66. The number of aryl methyl sites for hydroxylation is 1. The number of carbonyl (C=O) groups excluding carboxylic acids is 1. The number of non-ortho nitro benzene ring substituents is 1. The van der Waals surface area contributed by atoms with E-state index >= 15 is 0 Å². The minimum absolute atomic E-state index is 0.00659. The molecule has 0 aliphatic carbocycles. The molecule has 0 saturated heterocycles. The van der Waals surface area contributed by atoms with E-state index in [9.17, 15) is 14.9 Å². The Morgan fingerprint density at radius 1 is 1.19 bits per heavy atom. The van der Waals surface area contributed by atoms with Gasteiger partial charge in [0.2, 0.25) is 5.91 Å². The number of hydrogen-bond donors (Lipinski definition) is 1. The topological polar surface area (TPSA) is 112 Å². The van der Waals surface area contributed by atoms with Crippen LogP contribution in [0.25, 0.3) is 0 Å². The lowest BCUT2D eigenvalue weighted by molar-refractivity contribution is -0.384. The molecule has 1 amide bonds. The third-order valence-corrected chi connectivity index (χ3v) is 3.66. The molecule has 0 aliphatic heterocycles. The minimum atomic E-state index is -0.475. The number of benzene rings is 2. The maximum atomic E-state index is 12.1. The second kappa shape index (κ2) is 8.09. The van der Waals surface area contributed by atoms with E-state index in [1.54, 1.807) is 6.20 Å². The van der Waals surface area contributed by atoms with Crippen LogP contribution in [-0.2, 0) is 17.9 Å². The molecule has 0 unspecified atom stereocenters. The van der Waals surface area contributed by atoms with Gasteiger partial charge in [-0.25, -0.2) is 4.68 Å². The van der Waals surface area contributed by atoms with E-state index in [0.717, 1.165) is 5.56 Å². The van der Waals surface area contributed by atoms with Crippen molar-refractivity contribution in [2.24, 2.45) is 0 Å². The molecule has 0 saturated carbocycles. The number of ether oxygens (including phenoxy) is 1. The Kier molecular flexibility index (Phi) is 5.41. The molecule has 138 valence electrons. The van der Waals surface area contributed by atoms with Crippen LogP contribution >= 0.6 is 0 Å². The van der Waals surface area contributed by atoms with Gasteiger partial charge in [-0.2, -0.15) is 0 Å². The first-order valence-electron chi connectivity index (χ1n) is 8.12. The molecule has 27 heavy (non-hydrogen) atoms. The summed E-state index contributed by atoms with van der Waals surface area (Å²) in [5, 5.41) is 21.3. The van der Waals surface area contributed by atoms with Gasteiger partial charge in [0.15, 0.2) is 0 Å². The van der Waals surface area contributed by atoms with Gasteiger partial charge in [-0.05, 0) is 31.2 Å². The van der Waals surface area contributed by atoms with Crippen LogP contribution in [0.3, 0.4) is 0 Å². The molecule has 1 aromatic heterocycles. The standard InChI is InChI=1S/C18H17N5O4/c1-13-2-4-14(5-3-13)19-18(24)11-22-10-15(20-21-22)12-27-17-8-6-16(7-9-17)23(25)26/h2-10H,11-12H2,1H3,(H,19,24). The van der Waals surface area contributed by atoms with Crippen molar-refractivity contribution >= 4 is 17.3 Å². The van der Waals surface area contributed by atoms with E-state index in [4.69, 9.17) is 4.74 Å². The minimum Gasteiger partial charge on any atom is -0.487 e. The van der Waals surface area contributed by atoms with Gasteiger partial charge in [0.25, 0.3) is 5.69 Å². The average Bonchev–Trinajstić information content (AvgIpc) is 3.09. The second-order valence-electron chi connectivity index (χ2n) is 5.86. The molecule has 9 heteroatoms. The summed E-state index contributed by atoms with van der Waals surface area (Å²) in [6, 6.07) is 13.2. The average molecular weight is 367 g/mol. The van der Waals surface area contributed by atoms with Crippen LogP contribution in [0.15, 0.2) is 54.7 Å². The molecular weight excluding hydrogens is 350 g/mol. The predicted octanol–water partition coefficient (Wildman–Crippen LogP) is 2.71. The molecule has 0 atom stereocenters. The van der Waals surface area contributed by atoms with E-state index in [1.165, 1.54) is 28.9 Å². The molecule has 3 aromatic rings. The Labute approximate surface area is 154 Å². The fourth-order valence-electron chi connectivity index (χ4n) is 2.29. The Morgan fingerprint density at radius 3 is 2.56 bits per heavy atom. The highest BCUT2D eigenvalue weighted by Crippen LogP contribution is 2.18. The van der Waals surface area contributed by atoms with Gasteiger partial charge in [0.05, 0.1) is 11.1 Å². The van der Waals surface area contributed by atoms with Gasteiger partial charge in [0.1, 0.15) is 24.6 Å². The summed E-state index contributed by atoms with van der Waals surface area (Å²) in [5.41, 5.74) is 2.36. The zero-order chi connectivity index (χ0) is 19.2. The number of nitro groups is 1. The van der Waals surface area contributed by atoms with Crippen molar-refractivity contribution in [2.75, 3.05) is 5.32 Å². The van der Waals surface area contributed by atoms with Crippen molar-refractivity contribution in [3.05, 3.63) is 76.1 Å². The number of nitrogens with zero attached hydrogens (tertiary/aromatic N) is 4. The smallest absolute Gasteiger partial charge is 0.269 e. The van der Waals surface area contributed by atoms with Crippen LogP contribution in [0.4, 0.5) is 11.4 Å². The number of hydrogen-bond acceptors (Lipinski definition) is 6. The molecule has 1 N–H and O–H groups in total. The Morgan fingerprint density at radius 2 is 1.89 bits per heavy atom. The fraction of sp³-hybridized carbons (Fsp3) is 0.167. The molecule has 9 nitrogen and oxygen atoms in total. The first-order valence-corrected chi connectivity index (χ1v) is 8.12. The lowest BCUT2D eigenvalue weighted by atomic mass is 10.2. The highest BCUT2D eigenvalue weighted by atomic mass is 16.6. The highest BCUT2D eigenvalue weighted by molar-refractivity contribution is 5.90. The molecule has 0 aliphatic rings. The molecule has 0 bridgehead atoms. The van der Waals surface area contributed by atoms with Crippen LogP contribution in [0.1, 0.15) is 11.3 Å². The summed E-state index contributed by atoms with van der Waals surface area (Å²) >= 11 is 0. The largest absolute Gasteiger partial charge is 0.487 e. The maximum absolute atomic E-state index is 12.1. The van der Waals surface area contributed by atoms with E-state index < -0.39 is 4.92 Å². The van der Waals surface area contributed by atoms with Crippen molar-refractivity contribution in [1.29, 1.82) is 0 Å². The lowest BCUT2D eigenvalue weighted by Crippen LogP contribution is -2.19. The van der Waals surface area contributed by atoms with Gasteiger partial charge in [-0.15, -0.1) is 5.10 Å². The Balaban J connectivity index is 1.51. The first-order chi connectivity index (χ1) is 13.0. The number of carbonyl (C=O) groups is 1. The monoisotopic (exact) mass is 367 g/mol. The number of amides is 1. The van der Waals surface area contributed by atoms with Crippen LogP contribution in [0, 0.1) is 17.0 Å².